The van der Waals surface area contributed by atoms with Gasteiger partial charge in [-0.3, -0.25) is 0 Å². The predicted octanol–water partition coefficient (Wildman–Crippen LogP) is 3.66. The molecule has 3 aromatic carbocycles. The first kappa shape index (κ1) is 15.6. The van der Waals surface area contributed by atoms with Gasteiger partial charge in [0.2, 0.25) is 0 Å². The van der Waals surface area contributed by atoms with Crippen molar-refractivity contribution in [1.82, 2.24) is 0 Å². The molecule has 5 heteroatoms. The van der Waals surface area contributed by atoms with E-state index in [0.717, 1.165) is 14.5 Å². The zero-order valence-electron chi connectivity index (χ0n) is 13.1. The molecule has 0 unspecified atom stereocenters. The average molecular weight is 394 g/mol. The molecule has 0 N–H and O–H groups in total. The van der Waals surface area contributed by atoms with Crippen molar-refractivity contribution in [3.05, 3.63) is 89.0 Å². The first-order chi connectivity index (χ1) is 12.2. The first-order valence-electron chi connectivity index (χ1n) is 7.72. The monoisotopic (exact) mass is 395 g/mol. The molecule has 1 aromatic heterocycles. The summed E-state index contributed by atoms with van der Waals surface area (Å²) in [6.07, 6.45) is 0. The number of nitrogens with zero attached hydrogens (tertiary/aromatic N) is 1. The van der Waals surface area contributed by atoms with E-state index in [1.165, 1.54) is 6.07 Å². The Morgan fingerprint density at radius 1 is 0.840 bits per heavy atom. The fourth-order valence-corrected chi connectivity index (χ4v) is 5.02. The van der Waals surface area contributed by atoms with Crippen molar-refractivity contribution in [3.63, 3.8) is 0 Å². The molecule has 0 aliphatic heterocycles. The van der Waals surface area contributed by atoms with Gasteiger partial charge in [-0.15, -0.1) is 0 Å². The number of nitro benzene ring substituents is 1. The van der Waals surface area contributed by atoms with Crippen LogP contribution in [0.3, 0.4) is 0 Å². The summed E-state index contributed by atoms with van der Waals surface area (Å²) in [6, 6.07) is 24.8. The summed E-state index contributed by atoms with van der Waals surface area (Å²) in [5.74, 6) is 0.716. The number of fused-ring (bicyclic) bond motifs is 1. The first-order valence-corrected chi connectivity index (χ1v) is 9.43. The van der Waals surface area contributed by atoms with Gasteiger partial charge in [0, 0.05) is 0 Å². The van der Waals surface area contributed by atoms with E-state index < -0.39 is 0 Å². The van der Waals surface area contributed by atoms with Crippen molar-refractivity contribution in [2.24, 2.45) is 0 Å². The summed E-state index contributed by atoms with van der Waals surface area (Å²) >= 11 is -0.107. The van der Waals surface area contributed by atoms with Gasteiger partial charge in [-0.1, -0.05) is 0 Å². The fraction of sp³-hybridized carbons (Fsp3) is 0. The van der Waals surface area contributed by atoms with Crippen LogP contribution in [0.2, 0.25) is 0 Å². The maximum atomic E-state index is 11.5. The van der Waals surface area contributed by atoms with Gasteiger partial charge >= 0.3 is 150 Å². The van der Waals surface area contributed by atoms with Gasteiger partial charge in [0.15, 0.2) is 0 Å². The van der Waals surface area contributed by atoms with Gasteiger partial charge in [-0.2, -0.15) is 0 Å². The molecule has 4 rings (SSSR count). The minimum absolute atomic E-state index is 0.0937. The van der Waals surface area contributed by atoms with Gasteiger partial charge < -0.3 is 0 Å². The van der Waals surface area contributed by atoms with Crippen molar-refractivity contribution >= 4 is 40.5 Å². The molecule has 0 bridgehead atoms. The van der Waals surface area contributed by atoms with Crippen molar-refractivity contribution in [3.8, 4) is 11.3 Å². The Hall–Kier alpha value is -2.88. The molecule has 4 aromatic rings. The van der Waals surface area contributed by atoms with Gasteiger partial charge in [0.05, 0.1) is 0 Å². The average Bonchev–Trinajstić information content (AvgIpc) is 3.02. The van der Waals surface area contributed by atoms with Gasteiger partial charge in [0.25, 0.3) is 0 Å². The molecule has 0 radical (unpaired) electrons. The van der Waals surface area contributed by atoms with Crippen molar-refractivity contribution < 1.29 is 9.34 Å². The molecule has 122 valence electrons. The standard InChI is InChI=1S/C20H13NO3Se/c22-21(23)16-12-7-13-17-18(16)20(25-15-10-5-2-6-11-15)19(24-17)14-8-3-1-4-9-14/h1-13H. The quantitative estimate of drug-likeness (QED) is 0.302. The molecule has 1 heterocycles. The van der Waals surface area contributed by atoms with Crippen LogP contribution in [0.4, 0.5) is 5.69 Å². The van der Waals surface area contributed by atoms with Gasteiger partial charge in [-0.25, -0.2) is 0 Å². The predicted molar refractivity (Wildman–Crippen MR) is 99.8 cm³/mol. The van der Waals surface area contributed by atoms with Crippen molar-refractivity contribution in [2.75, 3.05) is 0 Å². The van der Waals surface area contributed by atoms with E-state index in [1.54, 1.807) is 12.1 Å². The molecule has 0 fully saturated rings. The Morgan fingerprint density at radius 3 is 2.20 bits per heavy atom. The second-order valence-electron chi connectivity index (χ2n) is 5.45. The Morgan fingerprint density at radius 2 is 1.52 bits per heavy atom. The Bertz CT molecular complexity index is 1040. The van der Waals surface area contributed by atoms with Gasteiger partial charge in [-0.05, 0) is 0 Å². The molecular weight excluding hydrogens is 381 g/mol. The van der Waals surface area contributed by atoms with Crippen molar-refractivity contribution in [1.29, 1.82) is 0 Å². The summed E-state index contributed by atoms with van der Waals surface area (Å²) in [5.41, 5.74) is 1.58. The summed E-state index contributed by atoms with van der Waals surface area (Å²) < 4.78 is 8.12. The third-order valence-corrected chi connectivity index (χ3v) is 6.16. The molecular formula is C20H13NO3Se. The van der Waals surface area contributed by atoms with E-state index in [0.29, 0.717) is 16.7 Å². The summed E-state index contributed by atoms with van der Waals surface area (Å²) in [7, 11) is 0. The van der Waals surface area contributed by atoms with Crippen LogP contribution in [-0.2, 0) is 0 Å². The molecule has 25 heavy (non-hydrogen) atoms. The molecule has 0 atom stereocenters. The third kappa shape index (κ3) is 2.95. The summed E-state index contributed by atoms with van der Waals surface area (Å²) in [4.78, 5) is 11.2. The van der Waals surface area contributed by atoms with Crippen LogP contribution in [0.1, 0.15) is 0 Å². The topological polar surface area (TPSA) is 56.3 Å². The number of rotatable bonds is 4. The second-order valence-corrected chi connectivity index (χ2v) is 7.72. The molecule has 0 aliphatic carbocycles. The van der Waals surface area contributed by atoms with E-state index in [4.69, 9.17) is 4.42 Å². The minimum atomic E-state index is -0.336. The molecule has 0 saturated heterocycles. The maximum absolute atomic E-state index is 11.5. The number of non-ortho nitro benzene ring substituents is 1. The normalized spacial score (nSPS) is 10.9. The van der Waals surface area contributed by atoms with Gasteiger partial charge in [0.1, 0.15) is 0 Å². The number of hydrogen-bond donors (Lipinski definition) is 0. The van der Waals surface area contributed by atoms with Crippen molar-refractivity contribution in [2.45, 2.75) is 0 Å². The molecule has 0 saturated carbocycles. The zero-order valence-corrected chi connectivity index (χ0v) is 14.8. The van der Waals surface area contributed by atoms with Crippen LogP contribution in [0, 0.1) is 10.1 Å². The number of furan rings is 1. The number of benzene rings is 3. The van der Waals surface area contributed by atoms with E-state index in [9.17, 15) is 10.1 Å². The van der Waals surface area contributed by atoms with E-state index in [-0.39, 0.29) is 25.6 Å². The van der Waals surface area contributed by atoms with E-state index >= 15 is 0 Å². The Balaban J connectivity index is 2.00. The summed E-state index contributed by atoms with van der Waals surface area (Å²) in [6.45, 7) is 0. The molecule has 0 spiro atoms. The SMILES string of the molecule is O=[N+]([O-])c1cccc2oc(-c3ccccc3)c([Se]c3ccccc3)c12. The third-order valence-electron chi connectivity index (χ3n) is 3.85. The van der Waals surface area contributed by atoms with Crippen LogP contribution in [0.15, 0.2) is 83.3 Å². The van der Waals surface area contributed by atoms with E-state index in [2.05, 4.69) is 0 Å². The van der Waals surface area contributed by atoms with Crippen LogP contribution < -0.4 is 8.92 Å². The second kappa shape index (κ2) is 6.55. The Kier molecular flexibility index (Phi) is 4.10. The fourth-order valence-electron chi connectivity index (χ4n) is 2.74. The zero-order chi connectivity index (χ0) is 17.2. The Labute approximate surface area is 150 Å². The number of hydrogen-bond acceptors (Lipinski definition) is 3. The molecule has 4 nitrogen and oxygen atoms in total. The van der Waals surface area contributed by atoms with E-state index in [1.807, 2.05) is 60.7 Å². The van der Waals surface area contributed by atoms with Crippen LogP contribution in [-0.4, -0.2) is 19.9 Å². The summed E-state index contributed by atoms with van der Waals surface area (Å²) in [5, 5.41) is 12.1. The molecule has 0 amide bonds. The van der Waals surface area contributed by atoms with Crippen LogP contribution >= 0.6 is 0 Å². The number of nitro groups is 1. The van der Waals surface area contributed by atoms with Crippen LogP contribution in [0.25, 0.3) is 22.3 Å². The van der Waals surface area contributed by atoms with Crippen LogP contribution in [0.5, 0.6) is 0 Å². The molecule has 0 aliphatic rings.